The summed E-state index contributed by atoms with van der Waals surface area (Å²) in [6, 6.07) is 0. The fraction of sp³-hybridized carbons (Fsp3) is 0.600. The Kier molecular flexibility index (Phi) is 3.66. The Morgan fingerprint density at radius 3 is 2.93 bits per heavy atom. The second-order valence-corrected chi connectivity index (χ2v) is 4.71. The molecule has 1 saturated heterocycles. The SMILES string of the molecule is O=C(CCn1c[c]nc1)N1CCSCC1. The molecule has 0 unspecified atom stereocenters. The third-order valence-corrected chi connectivity index (χ3v) is 3.39. The average Bonchev–Trinajstić information content (AvgIpc) is 2.80. The number of rotatable bonds is 3. The number of aromatic nitrogens is 2. The smallest absolute Gasteiger partial charge is 0.224 e. The van der Waals surface area contributed by atoms with Crippen LogP contribution in [0.25, 0.3) is 0 Å². The van der Waals surface area contributed by atoms with Crippen molar-refractivity contribution < 1.29 is 4.79 Å². The van der Waals surface area contributed by atoms with E-state index in [-0.39, 0.29) is 5.91 Å². The lowest BCUT2D eigenvalue weighted by Crippen LogP contribution is -2.38. The van der Waals surface area contributed by atoms with E-state index in [9.17, 15) is 4.79 Å². The van der Waals surface area contributed by atoms with Crippen molar-refractivity contribution in [2.45, 2.75) is 13.0 Å². The minimum Gasteiger partial charge on any atom is -0.341 e. The van der Waals surface area contributed by atoms with E-state index in [2.05, 4.69) is 11.2 Å². The van der Waals surface area contributed by atoms with Gasteiger partial charge in [0.15, 0.2) is 0 Å². The molecule has 1 aromatic heterocycles. The second-order valence-electron chi connectivity index (χ2n) is 3.48. The van der Waals surface area contributed by atoms with Crippen LogP contribution >= 0.6 is 11.8 Å². The molecular formula is C10H14N3OS. The quantitative estimate of drug-likeness (QED) is 0.756. The fourth-order valence-electron chi connectivity index (χ4n) is 1.57. The molecular weight excluding hydrogens is 210 g/mol. The van der Waals surface area contributed by atoms with Crippen LogP contribution in [0.3, 0.4) is 0 Å². The predicted molar refractivity (Wildman–Crippen MR) is 59.6 cm³/mol. The minimum absolute atomic E-state index is 0.254. The molecule has 5 heteroatoms. The summed E-state index contributed by atoms with van der Waals surface area (Å²) in [4.78, 5) is 17.5. The zero-order valence-electron chi connectivity index (χ0n) is 8.56. The maximum Gasteiger partial charge on any atom is 0.224 e. The largest absolute Gasteiger partial charge is 0.341 e. The Balaban J connectivity index is 1.76. The first-order valence-electron chi connectivity index (χ1n) is 5.09. The van der Waals surface area contributed by atoms with Crippen LogP contribution in [-0.2, 0) is 11.3 Å². The normalized spacial score (nSPS) is 16.7. The van der Waals surface area contributed by atoms with Crippen molar-refractivity contribution in [1.82, 2.24) is 14.5 Å². The first-order valence-corrected chi connectivity index (χ1v) is 6.25. The van der Waals surface area contributed by atoms with Gasteiger partial charge in [-0.1, -0.05) is 0 Å². The number of nitrogens with zero attached hydrogens (tertiary/aromatic N) is 3. The average molecular weight is 224 g/mol. The highest BCUT2D eigenvalue weighted by atomic mass is 32.2. The number of aryl methyl sites for hydroxylation is 1. The van der Waals surface area contributed by atoms with Crippen LogP contribution in [0.4, 0.5) is 0 Å². The van der Waals surface area contributed by atoms with Crippen molar-refractivity contribution in [1.29, 1.82) is 0 Å². The highest BCUT2D eigenvalue weighted by Gasteiger charge is 2.15. The molecule has 0 bridgehead atoms. The van der Waals surface area contributed by atoms with Gasteiger partial charge in [-0.2, -0.15) is 11.8 Å². The summed E-state index contributed by atoms with van der Waals surface area (Å²) in [5.41, 5.74) is 0. The Morgan fingerprint density at radius 2 is 2.27 bits per heavy atom. The van der Waals surface area contributed by atoms with E-state index in [0.29, 0.717) is 13.0 Å². The minimum atomic E-state index is 0.254. The van der Waals surface area contributed by atoms with Gasteiger partial charge in [0.05, 0.1) is 6.33 Å². The van der Waals surface area contributed by atoms with Gasteiger partial charge in [-0.05, 0) is 0 Å². The Bertz CT molecular complexity index is 306. The maximum atomic E-state index is 11.8. The van der Waals surface area contributed by atoms with Gasteiger partial charge < -0.3 is 9.47 Å². The molecule has 0 N–H and O–H groups in total. The van der Waals surface area contributed by atoms with Gasteiger partial charge in [0.25, 0.3) is 0 Å². The van der Waals surface area contributed by atoms with Gasteiger partial charge in [-0.3, -0.25) is 4.79 Å². The number of carbonyl (C=O) groups is 1. The van der Waals surface area contributed by atoms with Crippen molar-refractivity contribution in [3.8, 4) is 0 Å². The standard InChI is InChI=1S/C10H14N3OS/c14-10(13-5-7-15-8-6-13)1-3-12-4-2-11-9-12/h4,9H,1,3,5-8H2. The molecule has 0 aliphatic carbocycles. The van der Waals surface area contributed by atoms with E-state index in [1.54, 1.807) is 12.5 Å². The molecule has 2 heterocycles. The molecule has 15 heavy (non-hydrogen) atoms. The molecule has 1 fully saturated rings. The Hall–Kier alpha value is -0.970. The van der Waals surface area contributed by atoms with E-state index >= 15 is 0 Å². The van der Waals surface area contributed by atoms with Crippen molar-refractivity contribution >= 4 is 17.7 Å². The Morgan fingerprint density at radius 1 is 1.47 bits per heavy atom. The molecule has 1 amide bonds. The number of carbonyl (C=O) groups excluding carboxylic acids is 1. The molecule has 0 saturated carbocycles. The van der Waals surface area contributed by atoms with Crippen LogP contribution in [0.2, 0.25) is 0 Å². The van der Waals surface area contributed by atoms with Crippen molar-refractivity contribution in [2.75, 3.05) is 24.6 Å². The third-order valence-electron chi connectivity index (χ3n) is 2.45. The lowest BCUT2D eigenvalue weighted by Gasteiger charge is -2.26. The van der Waals surface area contributed by atoms with Gasteiger partial charge in [0.1, 0.15) is 6.20 Å². The highest BCUT2D eigenvalue weighted by Crippen LogP contribution is 2.10. The fourth-order valence-corrected chi connectivity index (χ4v) is 2.47. The first-order chi connectivity index (χ1) is 7.36. The van der Waals surface area contributed by atoms with Gasteiger partial charge in [-0.25, -0.2) is 4.98 Å². The first kappa shape index (κ1) is 10.5. The number of hydrogen-bond donors (Lipinski definition) is 0. The molecule has 2 rings (SSSR count). The molecule has 1 radical (unpaired) electrons. The molecule has 0 aromatic carbocycles. The van der Waals surface area contributed by atoms with Crippen molar-refractivity contribution in [2.24, 2.45) is 0 Å². The van der Waals surface area contributed by atoms with E-state index in [4.69, 9.17) is 0 Å². The zero-order valence-corrected chi connectivity index (χ0v) is 9.37. The number of imidazole rings is 1. The summed E-state index contributed by atoms with van der Waals surface area (Å²) in [6.07, 6.45) is 6.74. The van der Waals surface area contributed by atoms with E-state index in [1.165, 1.54) is 0 Å². The summed E-state index contributed by atoms with van der Waals surface area (Å²) in [6.45, 7) is 2.51. The van der Waals surface area contributed by atoms with Crippen LogP contribution in [0.15, 0.2) is 12.5 Å². The summed E-state index contributed by atoms with van der Waals surface area (Å²) in [5, 5.41) is 0. The molecule has 81 valence electrons. The summed E-state index contributed by atoms with van der Waals surface area (Å²) in [5.74, 6) is 2.40. The molecule has 1 aliphatic rings. The monoisotopic (exact) mass is 224 g/mol. The molecule has 0 atom stereocenters. The van der Waals surface area contributed by atoms with Gasteiger partial charge >= 0.3 is 0 Å². The van der Waals surface area contributed by atoms with E-state index in [1.807, 2.05) is 21.2 Å². The van der Waals surface area contributed by atoms with Gasteiger partial charge in [-0.15, -0.1) is 0 Å². The number of thioether (sulfide) groups is 1. The van der Waals surface area contributed by atoms with Crippen LogP contribution < -0.4 is 0 Å². The molecule has 0 spiro atoms. The second kappa shape index (κ2) is 5.21. The Labute approximate surface area is 93.7 Å². The lowest BCUT2D eigenvalue weighted by atomic mass is 10.3. The number of hydrogen-bond acceptors (Lipinski definition) is 3. The number of amides is 1. The van der Waals surface area contributed by atoms with Crippen LogP contribution in [0.5, 0.6) is 0 Å². The van der Waals surface area contributed by atoms with Crippen molar-refractivity contribution in [3.05, 3.63) is 18.7 Å². The zero-order chi connectivity index (χ0) is 10.5. The van der Waals surface area contributed by atoms with Crippen LogP contribution in [0.1, 0.15) is 6.42 Å². The molecule has 1 aliphatic heterocycles. The lowest BCUT2D eigenvalue weighted by molar-refractivity contribution is -0.131. The summed E-state index contributed by atoms with van der Waals surface area (Å²) in [7, 11) is 0. The van der Waals surface area contributed by atoms with Gasteiger partial charge in [0.2, 0.25) is 5.91 Å². The van der Waals surface area contributed by atoms with Crippen LogP contribution in [-0.4, -0.2) is 45.0 Å². The predicted octanol–water partition coefficient (Wildman–Crippen LogP) is 0.649. The van der Waals surface area contributed by atoms with E-state index < -0.39 is 0 Å². The van der Waals surface area contributed by atoms with Gasteiger partial charge in [0, 0.05) is 43.8 Å². The van der Waals surface area contributed by atoms with E-state index in [0.717, 1.165) is 24.6 Å². The maximum absolute atomic E-state index is 11.8. The highest BCUT2D eigenvalue weighted by molar-refractivity contribution is 7.99. The molecule has 1 aromatic rings. The van der Waals surface area contributed by atoms with Crippen LogP contribution in [0, 0.1) is 6.20 Å². The summed E-state index contributed by atoms with van der Waals surface area (Å²) < 4.78 is 1.89. The molecule has 4 nitrogen and oxygen atoms in total. The third kappa shape index (κ3) is 2.99. The van der Waals surface area contributed by atoms with Crippen molar-refractivity contribution in [3.63, 3.8) is 0 Å². The summed E-state index contributed by atoms with van der Waals surface area (Å²) >= 11 is 1.92. The topological polar surface area (TPSA) is 38.1 Å².